The van der Waals surface area contributed by atoms with E-state index in [4.69, 9.17) is 22.5 Å². The Balaban J connectivity index is 3.07. The van der Waals surface area contributed by atoms with Gasteiger partial charge >= 0.3 is 0 Å². The van der Waals surface area contributed by atoms with Crippen LogP contribution in [0.1, 0.15) is 5.56 Å². The number of rotatable bonds is 2. The van der Waals surface area contributed by atoms with Crippen molar-refractivity contribution in [2.24, 2.45) is 27.2 Å². The molecule has 6 N–H and O–H groups in total. The van der Waals surface area contributed by atoms with Crippen LogP contribution in [0.2, 0.25) is 0 Å². The van der Waals surface area contributed by atoms with Gasteiger partial charge in [-0.1, -0.05) is 0 Å². The summed E-state index contributed by atoms with van der Waals surface area (Å²) in [6.07, 6.45) is 0.0858. The molecule has 0 unspecified atom stereocenters. The fourth-order valence-corrected chi connectivity index (χ4v) is 1.18. The highest BCUT2D eigenvalue weighted by Gasteiger charge is 2.00. The smallest absolute Gasteiger partial charge is 0.223 e. The zero-order chi connectivity index (χ0) is 12.8. The average molecular weight is 234 g/mol. The van der Waals surface area contributed by atoms with E-state index < -0.39 is 5.82 Å². The third kappa shape index (κ3) is 4.17. The third-order valence-corrected chi connectivity index (χ3v) is 1.71. The quantitative estimate of drug-likeness (QED) is 0.495. The molecule has 0 atom stereocenters. The Bertz CT molecular complexity index is 510. The van der Waals surface area contributed by atoms with Crippen molar-refractivity contribution in [1.29, 1.82) is 5.26 Å². The van der Waals surface area contributed by atoms with Gasteiger partial charge in [0.25, 0.3) is 0 Å². The number of guanidine groups is 2. The van der Waals surface area contributed by atoms with E-state index in [0.717, 1.165) is 6.07 Å². The van der Waals surface area contributed by atoms with Crippen molar-refractivity contribution in [3.05, 3.63) is 29.6 Å². The van der Waals surface area contributed by atoms with E-state index in [1.807, 2.05) is 6.07 Å². The Morgan fingerprint density at radius 1 is 1.29 bits per heavy atom. The van der Waals surface area contributed by atoms with Crippen LogP contribution in [0.5, 0.6) is 0 Å². The summed E-state index contributed by atoms with van der Waals surface area (Å²) in [7, 11) is 0. The van der Waals surface area contributed by atoms with Gasteiger partial charge in [0.2, 0.25) is 5.96 Å². The molecule has 0 saturated carbocycles. The van der Waals surface area contributed by atoms with Crippen LogP contribution in [-0.4, -0.2) is 11.9 Å². The number of benzene rings is 1. The van der Waals surface area contributed by atoms with Crippen LogP contribution in [0.3, 0.4) is 0 Å². The lowest BCUT2D eigenvalue weighted by Gasteiger charge is -2.00. The van der Waals surface area contributed by atoms with E-state index >= 15 is 0 Å². The zero-order valence-electron chi connectivity index (χ0n) is 8.89. The van der Waals surface area contributed by atoms with Gasteiger partial charge in [-0.15, -0.1) is 0 Å². The second kappa shape index (κ2) is 5.46. The van der Waals surface area contributed by atoms with Crippen LogP contribution < -0.4 is 17.2 Å². The van der Waals surface area contributed by atoms with Crippen LogP contribution in [0.15, 0.2) is 28.2 Å². The van der Waals surface area contributed by atoms with E-state index in [-0.39, 0.29) is 24.0 Å². The van der Waals surface area contributed by atoms with E-state index in [9.17, 15) is 4.39 Å². The summed E-state index contributed by atoms with van der Waals surface area (Å²) in [5.74, 6) is -0.924. The SMILES string of the molecule is N#CCc1cc(F)cc(N=C(N)N=C(N)N)c1. The van der Waals surface area contributed by atoms with Crippen LogP contribution >= 0.6 is 0 Å². The number of halogens is 1. The summed E-state index contributed by atoms with van der Waals surface area (Å²) < 4.78 is 13.2. The van der Waals surface area contributed by atoms with E-state index in [2.05, 4.69) is 9.98 Å². The van der Waals surface area contributed by atoms with Crippen molar-refractivity contribution in [3.8, 4) is 6.07 Å². The summed E-state index contributed by atoms with van der Waals surface area (Å²) in [6.45, 7) is 0. The molecule has 0 radical (unpaired) electrons. The monoisotopic (exact) mass is 234 g/mol. The molecule has 0 heterocycles. The Morgan fingerprint density at radius 3 is 2.59 bits per heavy atom. The predicted molar refractivity (Wildman–Crippen MR) is 62.8 cm³/mol. The fraction of sp³-hybridized carbons (Fsp3) is 0.100. The number of hydrogen-bond acceptors (Lipinski definition) is 2. The fourth-order valence-electron chi connectivity index (χ4n) is 1.18. The van der Waals surface area contributed by atoms with Crippen molar-refractivity contribution in [3.63, 3.8) is 0 Å². The number of hydrogen-bond donors (Lipinski definition) is 3. The minimum absolute atomic E-state index is 0.0858. The second-order valence-corrected chi connectivity index (χ2v) is 3.16. The largest absolute Gasteiger partial charge is 0.370 e. The molecule has 0 spiro atoms. The van der Waals surface area contributed by atoms with Crippen LogP contribution in [0, 0.1) is 17.1 Å². The molecule has 6 nitrogen and oxygen atoms in total. The lowest BCUT2D eigenvalue weighted by Crippen LogP contribution is -2.26. The van der Waals surface area contributed by atoms with Gasteiger partial charge in [0.1, 0.15) is 5.82 Å². The number of aliphatic imine (C=N–C) groups is 2. The van der Waals surface area contributed by atoms with Crippen molar-refractivity contribution >= 4 is 17.6 Å². The Hall–Kier alpha value is -2.62. The zero-order valence-corrected chi connectivity index (χ0v) is 8.89. The summed E-state index contributed by atoms with van der Waals surface area (Å²) in [6, 6.07) is 5.85. The standard InChI is InChI=1S/C10H11FN6/c11-7-3-6(1-2-12)4-8(5-7)16-10(15)17-9(13)14/h3-5H,1H2,(H6,13,14,15,16,17). The first-order valence-corrected chi connectivity index (χ1v) is 4.61. The minimum atomic E-state index is -0.506. The van der Waals surface area contributed by atoms with Gasteiger partial charge in [0, 0.05) is 0 Å². The maximum atomic E-state index is 13.2. The number of nitrogens with zero attached hydrogens (tertiary/aromatic N) is 3. The highest BCUT2D eigenvalue weighted by Crippen LogP contribution is 2.17. The van der Waals surface area contributed by atoms with Gasteiger partial charge in [0.15, 0.2) is 5.96 Å². The highest BCUT2D eigenvalue weighted by molar-refractivity contribution is 5.93. The van der Waals surface area contributed by atoms with Crippen LogP contribution in [0.4, 0.5) is 10.1 Å². The minimum Gasteiger partial charge on any atom is -0.370 e. The molecule has 0 amide bonds. The summed E-state index contributed by atoms with van der Waals surface area (Å²) in [5.41, 5.74) is 16.4. The van der Waals surface area contributed by atoms with Crippen LogP contribution in [0.25, 0.3) is 0 Å². The van der Waals surface area contributed by atoms with Gasteiger partial charge in [-0.25, -0.2) is 9.38 Å². The molecule has 1 aromatic carbocycles. The first-order valence-electron chi connectivity index (χ1n) is 4.61. The number of nitriles is 1. The van der Waals surface area contributed by atoms with Crippen molar-refractivity contribution in [1.82, 2.24) is 0 Å². The topological polar surface area (TPSA) is 127 Å². The molecule has 0 fully saturated rings. The van der Waals surface area contributed by atoms with Crippen molar-refractivity contribution in [2.45, 2.75) is 6.42 Å². The maximum Gasteiger partial charge on any atom is 0.223 e. The average Bonchev–Trinajstić information content (AvgIpc) is 2.14. The highest BCUT2D eigenvalue weighted by atomic mass is 19.1. The van der Waals surface area contributed by atoms with Crippen LogP contribution in [-0.2, 0) is 6.42 Å². The summed E-state index contributed by atoms with van der Waals surface area (Å²) in [4.78, 5) is 7.29. The Labute approximate surface area is 97.3 Å². The second-order valence-electron chi connectivity index (χ2n) is 3.16. The van der Waals surface area contributed by atoms with Gasteiger partial charge < -0.3 is 17.2 Å². The molecule has 0 aliphatic rings. The first kappa shape index (κ1) is 12.4. The maximum absolute atomic E-state index is 13.2. The van der Waals surface area contributed by atoms with Gasteiger partial charge in [-0.3, -0.25) is 0 Å². The molecule has 0 aliphatic carbocycles. The third-order valence-electron chi connectivity index (χ3n) is 1.71. The van der Waals surface area contributed by atoms with Gasteiger partial charge in [-0.2, -0.15) is 10.3 Å². The molecule has 1 aromatic rings. The lowest BCUT2D eigenvalue weighted by molar-refractivity contribution is 0.626. The molecule has 7 heteroatoms. The molecule has 0 bridgehead atoms. The molecule has 0 aromatic heterocycles. The van der Waals surface area contributed by atoms with Crippen molar-refractivity contribution in [2.75, 3.05) is 0 Å². The van der Waals surface area contributed by atoms with E-state index in [1.54, 1.807) is 0 Å². The Morgan fingerprint density at radius 2 is 2.00 bits per heavy atom. The summed E-state index contributed by atoms with van der Waals surface area (Å²) in [5, 5.41) is 8.51. The lowest BCUT2D eigenvalue weighted by atomic mass is 10.1. The normalized spacial score (nSPS) is 10.7. The molecule has 0 saturated heterocycles. The van der Waals surface area contributed by atoms with Crippen molar-refractivity contribution < 1.29 is 4.39 Å². The Kier molecular flexibility index (Phi) is 4.00. The van der Waals surface area contributed by atoms with Gasteiger partial charge in [-0.05, 0) is 23.8 Å². The molecular weight excluding hydrogens is 223 g/mol. The number of nitrogens with two attached hydrogens (primary N) is 3. The summed E-state index contributed by atoms with van der Waals surface area (Å²) >= 11 is 0. The molecule has 88 valence electrons. The predicted octanol–water partition coefficient (Wildman–Crippen LogP) is 0.111. The van der Waals surface area contributed by atoms with E-state index in [1.165, 1.54) is 12.1 Å². The molecule has 0 aliphatic heterocycles. The molecule has 17 heavy (non-hydrogen) atoms. The first-order chi connectivity index (χ1) is 8.01. The van der Waals surface area contributed by atoms with E-state index in [0.29, 0.717) is 5.56 Å². The van der Waals surface area contributed by atoms with Gasteiger partial charge in [0.05, 0.1) is 18.2 Å². The molecule has 1 rings (SSSR count). The molecular formula is C10H11FN6.